The molecular formula is C19H18N2O5S. The number of para-hydroxylation sites is 1. The summed E-state index contributed by atoms with van der Waals surface area (Å²) in [6.07, 6.45) is -0.177. The van der Waals surface area contributed by atoms with E-state index in [-0.39, 0.29) is 30.1 Å². The number of ether oxygens (including phenoxy) is 2. The fraction of sp³-hybridized carbons (Fsp3) is 0.263. The van der Waals surface area contributed by atoms with Gasteiger partial charge in [-0.05, 0) is 24.6 Å². The number of aromatic nitrogens is 2. The Hall–Kier alpha value is -3.00. The molecule has 0 saturated heterocycles. The minimum absolute atomic E-state index is 0.0466. The van der Waals surface area contributed by atoms with Crippen molar-refractivity contribution in [2.45, 2.75) is 26.9 Å². The van der Waals surface area contributed by atoms with Gasteiger partial charge in [-0.25, -0.2) is 9.78 Å². The molecule has 0 aliphatic carbocycles. The summed E-state index contributed by atoms with van der Waals surface area (Å²) in [7, 11) is 1.25. The van der Waals surface area contributed by atoms with Gasteiger partial charge in [-0.2, -0.15) is 0 Å². The topological polar surface area (TPSA) is 98.3 Å². The van der Waals surface area contributed by atoms with Crippen LogP contribution in [0.2, 0.25) is 0 Å². The van der Waals surface area contributed by atoms with Crippen LogP contribution in [0.4, 0.5) is 0 Å². The van der Waals surface area contributed by atoms with Crippen LogP contribution in [0.25, 0.3) is 10.2 Å². The summed E-state index contributed by atoms with van der Waals surface area (Å²) < 4.78 is 11.1. The SMILES string of the molecule is COC(=O)c1c(CC(=O)OCc2nc3ccccc3s2)[nH]c(C(C)=O)c1C. The Labute approximate surface area is 159 Å². The quantitative estimate of drug-likeness (QED) is 0.516. The molecule has 27 heavy (non-hydrogen) atoms. The van der Waals surface area contributed by atoms with Crippen LogP contribution in [0.3, 0.4) is 0 Å². The molecule has 0 aliphatic heterocycles. The maximum atomic E-state index is 12.3. The summed E-state index contributed by atoms with van der Waals surface area (Å²) in [5, 5.41) is 0.685. The molecule has 1 aromatic carbocycles. The highest BCUT2D eigenvalue weighted by Gasteiger charge is 2.24. The number of nitrogens with one attached hydrogen (secondary N) is 1. The van der Waals surface area contributed by atoms with Crippen LogP contribution in [-0.2, 0) is 27.3 Å². The lowest BCUT2D eigenvalue weighted by Crippen LogP contribution is -2.12. The largest absolute Gasteiger partial charge is 0.465 e. The molecule has 0 saturated carbocycles. The molecule has 0 radical (unpaired) electrons. The standard InChI is InChI=1S/C19H18N2O5S/c1-10-17(19(24)25-3)13(21-18(10)11(2)22)8-16(23)26-9-15-20-12-6-4-5-7-14(12)27-15/h4-7,21H,8-9H2,1-3H3. The van der Waals surface area contributed by atoms with Gasteiger partial charge in [0.25, 0.3) is 0 Å². The van der Waals surface area contributed by atoms with E-state index >= 15 is 0 Å². The molecule has 140 valence electrons. The molecule has 0 spiro atoms. The number of Topliss-reactive ketones (excluding diaryl/α,β-unsaturated/α-hetero) is 1. The van der Waals surface area contributed by atoms with Crippen molar-refractivity contribution < 1.29 is 23.9 Å². The third-order valence-corrected chi connectivity index (χ3v) is 5.10. The first-order valence-electron chi connectivity index (χ1n) is 8.21. The molecule has 0 atom stereocenters. The van der Waals surface area contributed by atoms with Crippen molar-refractivity contribution in [1.82, 2.24) is 9.97 Å². The molecule has 2 aromatic heterocycles. The van der Waals surface area contributed by atoms with Crippen LogP contribution in [0.5, 0.6) is 0 Å². The summed E-state index contributed by atoms with van der Waals surface area (Å²) in [5.41, 5.74) is 2.10. The third kappa shape index (κ3) is 3.90. The number of benzene rings is 1. The smallest absolute Gasteiger partial charge is 0.339 e. The predicted molar refractivity (Wildman–Crippen MR) is 100.0 cm³/mol. The van der Waals surface area contributed by atoms with Crippen LogP contribution in [0.1, 0.15) is 44.0 Å². The summed E-state index contributed by atoms with van der Waals surface area (Å²) in [6, 6.07) is 7.66. The second-order valence-corrected chi connectivity index (χ2v) is 7.05. The minimum atomic E-state index is -0.606. The van der Waals surface area contributed by atoms with Gasteiger partial charge in [0.05, 0.1) is 35.0 Å². The van der Waals surface area contributed by atoms with Crippen LogP contribution in [0.15, 0.2) is 24.3 Å². The first-order chi connectivity index (χ1) is 12.9. The summed E-state index contributed by atoms with van der Waals surface area (Å²) in [5.74, 6) is -1.37. The number of hydrogen-bond donors (Lipinski definition) is 1. The summed E-state index contributed by atoms with van der Waals surface area (Å²) in [4.78, 5) is 43.3. The molecule has 0 amide bonds. The highest BCUT2D eigenvalue weighted by Crippen LogP contribution is 2.23. The van der Waals surface area contributed by atoms with E-state index in [1.807, 2.05) is 24.3 Å². The van der Waals surface area contributed by atoms with Crippen LogP contribution >= 0.6 is 11.3 Å². The minimum Gasteiger partial charge on any atom is -0.465 e. The molecule has 1 N–H and O–H groups in total. The molecule has 0 unspecified atom stereocenters. The number of hydrogen-bond acceptors (Lipinski definition) is 7. The molecule has 7 nitrogen and oxygen atoms in total. The van der Waals surface area contributed by atoms with Crippen molar-refractivity contribution >= 4 is 39.3 Å². The van der Waals surface area contributed by atoms with Gasteiger partial charge in [0.2, 0.25) is 0 Å². The lowest BCUT2D eigenvalue weighted by molar-refractivity contribution is -0.144. The van der Waals surface area contributed by atoms with Crippen LogP contribution in [-0.4, -0.2) is 34.8 Å². The number of fused-ring (bicyclic) bond motifs is 1. The van der Waals surface area contributed by atoms with E-state index in [2.05, 4.69) is 9.97 Å². The molecule has 8 heteroatoms. The molecule has 0 fully saturated rings. The van der Waals surface area contributed by atoms with Crippen molar-refractivity contribution in [3.63, 3.8) is 0 Å². The summed E-state index contributed by atoms with van der Waals surface area (Å²) >= 11 is 1.45. The van der Waals surface area contributed by atoms with Crippen molar-refractivity contribution in [3.05, 3.63) is 51.8 Å². The monoisotopic (exact) mass is 386 g/mol. The number of aromatic amines is 1. The Morgan fingerprint density at radius 1 is 1.22 bits per heavy atom. The first kappa shape index (κ1) is 18.8. The second kappa shape index (κ2) is 7.71. The van der Waals surface area contributed by atoms with Crippen molar-refractivity contribution in [3.8, 4) is 0 Å². The van der Waals surface area contributed by atoms with Crippen molar-refractivity contribution in [1.29, 1.82) is 0 Å². The van der Waals surface area contributed by atoms with Crippen molar-refractivity contribution in [2.24, 2.45) is 0 Å². The van der Waals surface area contributed by atoms with E-state index in [9.17, 15) is 14.4 Å². The van der Waals surface area contributed by atoms with Gasteiger partial charge in [0, 0.05) is 12.6 Å². The number of carbonyl (C=O) groups is 3. The molecule has 0 bridgehead atoms. The van der Waals surface area contributed by atoms with Gasteiger partial charge in [-0.1, -0.05) is 12.1 Å². The second-order valence-electron chi connectivity index (χ2n) is 5.94. The number of carbonyl (C=O) groups excluding carboxylic acids is 3. The number of methoxy groups -OCH3 is 1. The van der Waals surface area contributed by atoms with Crippen LogP contribution in [0, 0.1) is 6.92 Å². The molecule has 3 aromatic rings. The van der Waals surface area contributed by atoms with E-state index in [0.29, 0.717) is 16.3 Å². The number of H-pyrrole nitrogens is 1. The van der Waals surface area contributed by atoms with Gasteiger partial charge in [-0.3, -0.25) is 9.59 Å². The first-order valence-corrected chi connectivity index (χ1v) is 9.03. The lowest BCUT2D eigenvalue weighted by Gasteiger charge is -2.04. The third-order valence-electron chi connectivity index (χ3n) is 4.09. The van der Waals surface area contributed by atoms with Crippen LogP contribution < -0.4 is 0 Å². The average molecular weight is 386 g/mol. The maximum absolute atomic E-state index is 12.3. The normalized spacial score (nSPS) is 10.8. The zero-order chi connectivity index (χ0) is 19.6. The summed E-state index contributed by atoms with van der Waals surface area (Å²) in [6.45, 7) is 3.07. The fourth-order valence-electron chi connectivity index (χ4n) is 2.84. The Morgan fingerprint density at radius 2 is 1.96 bits per heavy atom. The average Bonchev–Trinajstić information content (AvgIpc) is 3.20. The molecule has 2 heterocycles. The number of ketones is 1. The number of rotatable bonds is 6. The molecular weight excluding hydrogens is 368 g/mol. The highest BCUT2D eigenvalue weighted by atomic mass is 32.1. The van der Waals surface area contributed by atoms with E-state index in [1.165, 1.54) is 25.4 Å². The number of esters is 2. The van der Waals surface area contributed by atoms with Gasteiger partial charge in [0.1, 0.15) is 11.6 Å². The highest BCUT2D eigenvalue weighted by molar-refractivity contribution is 7.18. The maximum Gasteiger partial charge on any atom is 0.339 e. The Bertz CT molecular complexity index is 1000. The van der Waals surface area contributed by atoms with E-state index in [0.717, 1.165) is 10.2 Å². The predicted octanol–water partition coefficient (Wildman–Crippen LogP) is 3.21. The van der Waals surface area contributed by atoms with Gasteiger partial charge in [-0.15, -0.1) is 11.3 Å². The fourth-order valence-corrected chi connectivity index (χ4v) is 3.72. The Kier molecular flexibility index (Phi) is 5.36. The number of nitrogens with zero attached hydrogens (tertiary/aromatic N) is 1. The zero-order valence-corrected chi connectivity index (χ0v) is 15.9. The van der Waals surface area contributed by atoms with Crippen molar-refractivity contribution in [2.75, 3.05) is 7.11 Å². The lowest BCUT2D eigenvalue weighted by atomic mass is 10.1. The van der Waals surface area contributed by atoms with Gasteiger partial charge in [0.15, 0.2) is 5.78 Å². The molecule has 0 aliphatic rings. The number of thiazole rings is 1. The zero-order valence-electron chi connectivity index (χ0n) is 15.1. The van der Waals surface area contributed by atoms with Gasteiger partial charge >= 0.3 is 11.9 Å². The molecule has 3 rings (SSSR count). The van der Waals surface area contributed by atoms with E-state index < -0.39 is 11.9 Å². The van der Waals surface area contributed by atoms with E-state index in [1.54, 1.807) is 6.92 Å². The Morgan fingerprint density at radius 3 is 2.63 bits per heavy atom. The van der Waals surface area contributed by atoms with Gasteiger partial charge < -0.3 is 14.5 Å². The van der Waals surface area contributed by atoms with E-state index in [4.69, 9.17) is 9.47 Å². The Balaban J connectivity index is 1.74.